The molecule has 0 aliphatic rings. The molecule has 0 saturated carbocycles. The van der Waals surface area contributed by atoms with Gasteiger partial charge in [-0.3, -0.25) is 4.79 Å². The second kappa shape index (κ2) is 10.0. The SMILES string of the molecule is C/C=C/C(=O)Nc1ccc(OC)c(Nc2ncc(Cl)c(Oc3ccc4ccccc4c3)n2)c1. The van der Waals surface area contributed by atoms with Crippen LogP contribution < -0.4 is 20.1 Å². The third kappa shape index (κ3) is 5.39. The van der Waals surface area contributed by atoms with E-state index in [0.717, 1.165) is 10.8 Å². The van der Waals surface area contributed by atoms with Crippen LogP contribution in [0.15, 0.2) is 79.0 Å². The smallest absolute Gasteiger partial charge is 0.248 e. The minimum absolute atomic E-state index is 0.209. The Kier molecular flexibility index (Phi) is 6.71. The van der Waals surface area contributed by atoms with Crippen molar-refractivity contribution < 1.29 is 14.3 Å². The Hall–Kier alpha value is -4.10. The van der Waals surface area contributed by atoms with Gasteiger partial charge in [0, 0.05) is 5.69 Å². The quantitative estimate of drug-likeness (QED) is 0.313. The monoisotopic (exact) mass is 460 g/mol. The van der Waals surface area contributed by atoms with Crippen LogP contribution in [0.3, 0.4) is 0 Å². The predicted octanol–water partition coefficient (Wildman–Crippen LogP) is 6.34. The normalized spacial score (nSPS) is 10.9. The summed E-state index contributed by atoms with van der Waals surface area (Å²) in [5.74, 6) is 1.38. The number of carbonyl (C=O) groups excluding carboxylic acids is 1. The van der Waals surface area contributed by atoms with E-state index in [2.05, 4.69) is 20.6 Å². The number of aromatic nitrogens is 2. The number of anilines is 3. The van der Waals surface area contributed by atoms with E-state index in [1.165, 1.54) is 12.3 Å². The second-order valence-corrected chi connectivity index (χ2v) is 7.39. The number of nitrogens with one attached hydrogen (secondary N) is 2. The number of allylic oxidation sites excluding steroid dienone is 1. The summed E-state index contributed by atoms with van der Waals surface area (Å²) >= 11 is 6.28. The van der Waals surface area contributed by atoms with E-state index in [1.54, 1.807) is 38.3 Å². The maximum Gasteiger partial charge on any atom is 0.248 e. The lowest BCUT2D eigenvalue weighted by Gasteiger charge is -2.13. The number of fused-ring (bicyclic) bond motifs is 1. The first-order valence-corrected chi connectivity index (χ1v) is 10.5. The van der Waals surface area contributed by atoms with Gasteiger partial charge in [-0.25, -0.2) is 4.98 Å². The van der Waals surface area contributed by atoms with Crippen molar-refractivity contribution in [2.24, 2.45) is 0 Å². The van der Waals surface area contributed by atoms with Crippen LogP contribution >= 0.6 is 11.6 Å². The predicted molar refractivity (Wildman–Crippen MR) is 131 cm³/mol. The topological polar surface area (TPSA) is 85.4 Å². The van der Waals surface area contributed by atoms with Crippen molar-refractivity contribution in [3.63, 3.8) is 0 Å². The minimum Gasteiger partial charge on any atom is -0.495 e. The average molecular weight is 461 g/mol. The Morgan fingerprint density at radius 2 is 1.88 bits per heavy atom. The molecule has 7 nitrogen and oxygen atoms in total. The van der Waals surface area contributed by atoms with Gasteiger partial charge < -0.3 is 20.1 Å². The van der Waals surface area contributed by atoms with Crippen LogP contribution in [-0.2, 0) is 4.79 Å². The minimum atomic E-state index is -0.234. The molecule has 1 amide bonds. The van der Waals surface area contributed by atoms with Gasteiger partial charge in [-0.05, 0) is 54.1 Å². The molecule has 0 unspecified atom stereocenters. The number of methoxy groups -OCH3 is 1. The Labute approximate surface area is 196 Å². The maximum atomic E-state index is 11.9. The van der Waals surface area contributed by atoms with Gasteiger partial charge in [0.15, 0.2) is 0 Å². The van der Waals surface area contributed by atoms with Crippen LogP contribution in [0.1, 0.15) is 6.92 Å². The van der Waals surface area contributed by atoms with E-state index < -0.39 is 0 Å². The number of hydrogen-bond acceptors (Lipinski definition) is 6. The summed E-state index contributed by atoms with van der Waals surface area (Å²) in [5.41, 5.74) is 1.15. The zero-order valence-corrected chi connectivity index (χ0v) is 18.8. The highest BCUT2D eigenvalue weighted by molar-refractivity contribution is 6.31. The van der Waals surface area contributed by atoms with Crippen LogP contribution in [0.2, 0.25) is 5.02 Å². The van der Waals surface area contributed by atoms with Crippen LogP contribution in [0.4, 0.5) is 17.3 Å². The van der Waals surface area contributed by atoms with E-state index in [4.69, 9.17) is 21.1 Å². The number of rotatable bonds is 7. The zero-order chi connectivity index (χ0) is 23.2. The molecule has 0 aliphatic carbocycles. The van der Waals surface area contributed by atoms with Crippen molar-refractivity contribution in [2.75, 3.05) is 17.7 Å². The molecule has 3 aromatic carbocycles. The first-order valence-electron chi connectivity index (χ1n) is 10.1. The van der Waals surface area contributed by atoms with Crippen molar-refractivity contribution in [3.8, 4) is 17.4 Å². The number of amides is 1. The highest BCUT2D eigenvalue weighted by Crippen LogP contribution is 2.33. The van der Waals surface area contributed by atoms with Gasteiger partial charge in [-0.1, -0.05) is 48.0 Å². The van der Waals surface area contributed by atoms with E-state index in [-0.39, 0.29) is 22.8 Å². The molecule has 0 aliphatic heterocycles. The summed E-state index contributed by atoms with van der Waals surface area (Å²) in [6.45, 7) is 1.77. The van der Waals surface area contributed by atoms with Crippen LogP contribution in [0.5, 0.6) is 17.4 Å². The lowest BCUT2D eigenvalue weighted by atomic mass is 10.1. The summed E-state index contributed by atoms with van der Waals surface area (Å²) in [7, 11) is 1.55. The molecule has 0 radical (unpaired) electrons. The molecule has 1 aromatic heterocycles. The third-order valence-corrected chi connectivity index (χ3v) is 4.94. The molecule has 0 saturated heterocycles. The lowest BCUT2D eigenvalue weighted by Crippen LogP contribution is -2.08. The maximum absolute atomic E-state index is 11.9. The Balaban J connectivity index is 1.58. The number of halogens is 1. The highest BCUT2D eigenvalue weighted by Gasteiger charge is 2.12. The molecular weight excluding hydrogens is 440 g/mol. The molecule has 2 N–H and O–H groups in total. The molecule has 4 rings (SSSR count). The van der Waals surface area contributed by atoms with Crippen LogP contribution in [-0.4, -0.2) is 23.0 Å². The standard InChI is InChI=1S/C25H21ClN4O3/c1-3-6-23(31)28-18-10-12-22(32-2)21(14-18)29-25-27-15-20(26)24(30-25)33-19-11-9-16-7-4-5-8-17(16)13-19/h3-15H,1-2H3,(H,28,31)(H,27,29,30)/b6-3+. The zero-order valence-electron chi connectivity index (χ0n) is 18.0. The molecule has 166 valence electrons. The number of hydrogen-bond donors (Lipinski definition) is 2. The molecule has 0 bridgehead atoms. The summed E-state index contributed by atoms with van der Waals surface area (Å²) in [5, 5.41) is 8.30. The number of benzene rings is 3. The Morgan fingerprint density at radius 3 is 2.67 bits per heavy atom. The van der Waals surface area contributed by atoms with Crippen molar-refractivity contribution in [2.45, 2.75) is 6.92 Å². The van der Waals surface area contributed by atoms with Crippen molar-refractivity contribution in [3.05, 3.63) is 84.0 Å². The van der Waals surface area contributed by atoms with Gasteiger partial charge in [0.2, 0.25) is 17.7 Å². The molecule has 8 heteroatoms. The van der Waals surface area contributed by atoms with Gasteiger partial charge in [0.1, 0.15) is 16.5 Å². The van der Waals surface area contributed by atoms with Crippen LogP contribution in [0.25, 0.3) is 10.8 Å². The number of carbonyl (C=O) groups is 1. The highest BCUT2D eigenvalue weighted by atomic mass is 35.5. The Morgan fingerprint density at radius 1 is 1.06 bits per heavy atom. The summed E-state index contributed by atoms with van der Waals surface area (Å²) < 4.78 is 11.3. The largest absolute Gasteiger partial charge is 0.495 e. The first-order chi connectivity index (χ1) is 16.1. The van der Waals surface area contributed by atoms with E-state index >= 15 is 0 Å². The fraction of sp³-hybridized carbons (Fsp3) is 0.0800. The van der Waals surface area contributed by atoms with Crippen molar-refractivity contribution in [1.82, 2.24) is 9.97 Å². The van der Waals surface area contributed by atoms with Crippen molar-refractivity contribution >= 4 is 45.6 Å². The average Bonchev–Trinajstić information content (AvgIpc) is 2.81. The molecule has 1 heterocycles. The summed E-state index contributed by atoms with van der Waals surface area (Å²) in [6.07, 6.45) is 4.56. The third-order valence-electron chi connectivity index (χ3n) is 4.68. The molecule has 4 aromatic rings. The lowest BCUT2D eigenvalue weighted by molar-refractivity contribution is -0.111. The fourth-order valence-corrected chi connectivity index (χ4v) is 3.29. The van der Waals surface area contributed by atoms with E-state index in [1.807, 2.05) is 42.5 Å². The number of ether oxygens (including phenoxy) is 2. The second-order valence-electron chi connectivity index (χ2n) is 6.99. The van der Waals surface area contributed by atoms with Gasteiger partial charge in [0.25, 0.3) is 0 Å². The first kappa shape index (κ1) is 22.1. The molecule has 0 fully saturated rings. The van der Waals surface area contributed by atoms with E-state index in [0.29, 0.717) is 22.9 Å². The summed E-state index contributed by atoms with van der Waals surface area (Å²) in [4.78, 5) is 20.5. The Bertz CT molecular complexity index is 1340. The van der Waals surface area contributed by atoms with E-state index in [9.17, 15) is 4.79 Å². The molecule has 0 atom stereocenters. The molecule has 0 spiro atoms. The van der Waals surface area contributed by atoms with Gasteiger partial charge in [-0.15, -0.1) is 0 Å². The van der Waals surface area contributed by atoms with Crippen molar-refractivity contribution in [1.29, 1.82) is 0 Å². The summed E-state index contributed by atoms with van der Waals surface area (Å²) in [6, 6.07) is 18.9. The molecular formula is C25H21ClN4O3. The fourth-order valence-electron chi connectivity index (χ4n) is 3.16. The van der Waals surface area contributed by atoms with Gasteiger partial charge in [-0.2, -0.15) is 4.98 Å². The molecule has 33 heavy (non-hydrogen) atoms. The van der Waals surface area contributed by atoms with Gasteiger partial charge in [0.05, 0.1) is 19.0 Å². The number of nitrogens with zero attached hydrogens (tertiary/aromatic N) is 2. The van der Waals surface area contributed by atoms with Crippen LogP contribution in [0, 0.1) is 0 Å². The van der Waals surface area contributed by atoms with Gasteiger partial charge >= 0.3 is 0 Å².